The van der Waals surface area contributed by atoms with E-state index in [1.54, 1.807) is 18.2 Å². The number of carbonyl (C=O) groups is 2. The number of ether oxygens (including phenoxy) is 1. The van der Waals surface area contributed by atoms with Crippen LogP contribution in [-0.4, -0.2) is 41.4 Å². The SMILES string of the molecule is CC1CCN(C(=O)COc2ccc3oc(C(N)=O)nc3c2)CC1. The highest BCUT2D eigenvalue weighted by atomic mass is 16.5. The number of fused-ring (bicyclic) bond motifs is 1. The van der Waals surface area contributed by atoms with Gasteiger partial charge in [-0.25, -0.2) is 4.98 Å². The number of amides is 2. The quantitative estimate of drug-likeness (QED) is 0.922. The van der Waals surface area contributed by atoms with E-state index in [4.69, 9.17) is 14.9 Å². The monoisotopic (exact) mass is 317 g/mol. The van der Waals surface area contributed by atoms with Crippen molar-refractivity contribution in [3.05, 3.63) is 24.1 Å². The molecule has 2 N–H and O–H groups in total. The molecule has 3 rings (SSSR count). The Labute approximate surface area is 133 Å². The predicted molar refractivity (Wildman–Crippen MR) is 83.0 cm³/mol. The van der Waals surface area contributed by atoms with Gasteiger partial charge in [0, 0.05) is 19.2 Å². The zero-order chi connectivity index (χ0) is 16.4. The zero-order valence-electron chi connectivity index (χ0n) is 12.9. The molecule has 122 valence electrons. The summed E-state index contributed by atoms with van der Waals surface area (Å²) in [6.07, 6.45) is 2.07. The van der Waals surface area contributed by atoms with Crippen LogP contribution in [0.25, 0.3) is 11.1 Å². The first-order valence-corrected chi connectivity index (χ1v) is 7.64. The first-order chi connectivity index (χ1) is 11.0. The summed E-state index contributed by atoms with van der Waals surface area (Å²) in [7, 11) is 0. The summed E-state index contributed by atoms with van der Waals surface area (Å²) in [5.41, 5.74) is 6.04. The molecule has 0 saturated carbocycles. The third-order valence-corrected chi connectivity index (χ3v) is 4.07. The molecule has 23 heavy (non-hydrogen) atoms. The topological polar surface area (TPSA) is 98.7 Å². The van der Waals surface area contributed by atoms with E-state index in [2.05, 4.69) is 11.9 Å². The third kappa shape index (κ3) is 3.44. The number of rotatable bonds is 4. The van der Waals surface area contributed by atoms with Crippen LogP contribution in [0.1, 0.15) is 30.5 Å². The number of hydrogen-bond acceptors (Lipinski definition) is 5. The lowest BCUT2D eigenvalue weighted by Crippen LogP contribution is -2.40. The van der Waals surface area contributed by atoms with Crippen molar-refractivity contribution in [3.63, 3.8) is 0 Å². The maximum Gasteiger partial charge on any atom is 0.304 e. The molecule has 1 aliphatic rings. The van der Waals surface area contributed by atoms with E-state index in [1.807, 2.05) is 4.90 Å². The van der Waals surface area contributed by atoms with Gasteiger partial charge in [0.25, 0.3) is 11.8 Å². The molecular weight excluding hydrogens is 298 g/mol. The van der Waals surface area contributed by atoms with Gasteiger partial charge in [-0.3, -0.25) is 9.59 Å². The third-order valence-electron chi connectivity index (χ3n) is 4.07. The molecular formula is C16H19N3O4. The van der Waals surface area contributed by atoms with Gasteiger partial charge in [-0.2, -0.15) is 0 Å². The van der Waals surface area contributed by atoms with Crippen LogP contribution in [0.2, 0.25) is 0 Å². The second-order valence-corrected chi connectivity index (χ2v) is 5.86. The van der Waals surface area contributed by atoms with Crippen molar-refractivity contribution in [2.45, 2.75) is 19.8 Å². The number of carbonyl (C=O) groups excluding carboxylic acids is 2. The Morgan fingerprint density at radius 1 is 1.39 bits per heavy atom. The zero-order valence-corrected chi connectivity index (χ0v) is 12.9. The fourth-order valence-electron chi connectivity index (χ4n) is 2.60. The van der Waals surface area contributed by atoms with Gasteiger partial charge in [0.15, 0.2) is 12.2 Å². The number of nitrogens with two attached hydrogens (primary N) is 1. The second-order valence-electron chi connectivity index (χ2n) is 5.86. The van der Waals surface area contributed by atoms with E-state index in [0.29, 0.717) is 22.8 Å². The summed E-state index contributed by atoms with van der Waals surface area (Å²) in [6.45, 7) is 3.76. The molecule has 1 fully saturated rings. The molecule has 0 atom stereocenters. The van der Waals surface area contributed by atoms with Crippen LogP contribution >= 0.6 is 0 Å². The summed E-state index contributed by atoms with van der Waals surface area (Å²) in [4.78, 5) is 29.0. The van der Waals surface area contributed by atoms with Gasteiger partial charge in [-0.1, -0.05) is 6.92 Å². The van der Waals surface area contributed by atoms with Crippen LogP contribution in [0.4, 0.5) is 0 Å². The fourth-order valence-corrected chi connectivity index (χ4v) is 2.60. The summed E-state index contributed by atoms with van der Waals surface area (Å²) >= 11 is 0. The smallest absolute Gasteiger partial charge is 0.304 e. The van der Waals surface area contributed by atoms with Crippen molar-refractivity contribution < 1.29 is 18.7 Å². The highest BCUT2D eigenvalue weighted by molar-refractivity contribution is 5.91. The van der Waals surface area contributed by atoms with Gasteiger partial charge in [-0.05, 0) is 30.9 Å². The van der Waals surface area contributed by atoms with Gasteiger partial charge in [0.05, 0.1) is 0 Å². The van der Waals surface area contributed by atoms with Crippen molar-refractivity contribution in [1.29, 1.82) is 0 Å². The van der Waals surface area contributed by atoms with E-state index in [0.717, 1.165) is 25.9 Å². The average molecular weight is 317 g/mol. The molecule has 1 aromatic carbocycles. The second kappa shape index (κ2) is 6.28. The number of oxazole rings is 1. The number of primary amides is 1. The number of piperidine rings is 1. The first-order valence-electron chi connectivity index (χ1n) is 7.64. The maximum absolute atomic E-state index is 12.1. The van der Waals surface area contributed by atoms with Crippen LogP contribution in [0.3, 0.4) is 0 Å². The van der Waals surface area contributed by atoms with E-state index in [9.17, 15) is 9.59 Å². The van der Waals surface area contributed by atoms with E-state index >= 15 is 0 Å². The Morgan fingerprint density at radius 2 is 2.13 bits per heavy atom. The largest absolute Gasteiger partial charge is 0.484 e. The average Bonchev–Trinajstić information content (AvgIpc) is 2.97. The molecule has 2 heterocycles. The van der Waals surface area contributed by atoms with Crippen molar-refractivity contribution >= 4 is 22.9 Å². The number of aromatic nitrogens is 1. The van der Waals surface area contributed by atoms with Crippen molar-refractivity contribution in [2.24, 2.45) is 11.7 Å². The van der Waals surface area contributed by atoms with Crippen LogP contribution < -0.4 is 10.5 Å². The molecule has 7 heteroatoms. The van der Waals surface area contributed by atoms with Gasteiger partial charge in [-0.15, -0.1) is 0 Å². The number of benzene rings is 1. The summed E-state index contributed by atoms with van der Waals surface area (Å²) in [6, 6.07) is 4.93. The minimum atomic E-state index is -0.724. The Bertz CT molecular complexity index is 732. The molecule has 0 unspecified atom stereocenters. The van der Waals surface area contributed by atoms with Gasteiger partial charge < -0.3 is 19.8 Å². The van der Waals surface area contributed by atoms with E-state index in [-0.39, 0.29) is 18.4 Å². The Balaban J connectivity index is 1.62. The standard InChI is InChI=1S/C16H19N3O4/c1-10-4-6-19(7-5-10)14(20)9-22-11-2-3-13-12(8-11)18-16(23-13)15(17)21/h2-3,8,10H,4-7,9H2,1H3,(H2,17,21). The molecule has 1 saturated heterocycles. The number of likely N-dealkylation sites (tertiary alicyclic amines) is 1. The Hall–Kier alpha value is -2.57. The number of nitrogens with zero attached hydrogens (tertiary/aromatic N) is 2. The van der Waals surface area contributed by atoms with Crippen molar-refractivity contribution in [3.8, 4) is 5.75 Å². The minimum absolute atomic E-state index is 0.0135. The molecule has 7 nitrogen and oxygen atoms in total. The number of hydrogen-bond donors (Lipinski definition) is 1. The van der Waals surface area contributed by atoms with Crippen LogP contribution in [-0.2, 0) is 4.79 Å². The van der Waals surface area contributed by atoms with Crippen molar-refractivity contribution in [1.82, 2.24) is 9.88 Å². The van der Waals surface area contributed by atoms with Crippen LogP contribution in [0.15, 0.2) is 22.6 Å². The molecule has 0 spiro atoms. The summed E-state index contributed by atoms with van der Waals surface area (Å²) < 4.78 is 10.7. The summed E-state index contributed by atoms with van der Waals surface area (Å²) in [5.74, 6) is 0.290. The van der Waals surface area contributed by atoms with Crippen molar-refractivity contribution in [2.75, 3.05) is 19.7 Å². The van der Waals surface area contributed by atoms with E-state index < -0.39 is 5.91 Å². The van der Waals surface area contributed by atoms with Gasteiger partial charge >= 0.3 is 5.91 Å². The van der Waals surface area contributed by atoms with E-state index in [1.165, 1.54) is 0 Å². The van der Waals surface area contributed by atoms with Crippen LogP contribution in [0, 0.1) is 5.92 Å². The summed E-state index contributed by atoms with van der Waals surface area (Å²) in [5, 5.41) is 0. The lowest BCUT2D eigenvalue weighted by Gasteiger charge is -2.30. The highest BCUT2D eigenvalue weighted by Gasteiger charge is 2.20. The molecule has 0 aliphatic carbocycles. The predicted octanol–water partition coefficient (Wildman–Crippen LogP) is 1.56. The maximum atomic E-state index is 12.1. The lowest BCUT2D eigenvalue weighted by atomic mass is 9.99. The normalized spacial score (nSPS) is 15.8. The minimum Gasteiger partial charge on any atom is -0.484 e. The molecule has 2 amide bonds. The molecule has 2 aromatic rings. The molecule has 0 bridgehead atoms. The first kappa shape index (κ1) is 15.3. The lowest BCUT2D eigenvalue weighted by molar-refractivity contribution is -0.134. The van der Waals surface area contributed by atoms with Gasteiger partial charge in [0.2, 0.25) is 0 Å². The molecule has 0 radical (unpaired) electrons. The Kier molecular flexibility index (Phi) is 4.18. The molecule has 1 aromatic heterocycles. The fraction of sp³-hybridized carbons (Fsp3) is 0.438. The highest BCUT2D eigenvalue weighted by Crippen LogP contribution is 2.22. The Morgan fingerprint density at radius 3 is 2.83 bits per heavy atom. The van der Waals surface area contributed by atoms with Gasteiger partial charge in [0.1, 0.15) is 11.3 Å². The molecule has 1 aliphatic heterocycles. The van der Waals surface area contributed by atoms with Crippen LogP contribution in [0.5, 0.6) is 5.75 Å².